The van der Waals surface area contributed by atoms with Gasteiger partial charge in [-0.05, 0) is 19.3 Å². The molecule has 1 atom stereocenters. The van der Waals surface area contributed by atoms with Gasteiger partial charge in [0.05, 0.1) is 6.61 Å². The zero-order chi connectivity index (χ0) is 12.9. The fourth-order valence-corrected chi connectivity index (χ4v) is 1.91. The Morgan fingerprint density at radius 3 is 2.47 bits per heavy atom. The fraction of sp³-hybridized carbons (Fsp3) is 0.917. The molecule has 0 aromatic heterocycles. The van der Waals surface area contributed by atoms with Crippen molar-refractivity contribution in [3.8, 4) is 0 Å². The van der Waals surface area contributed by atoms with Crippen LogP contribution in [0.15, 0.2) is 0 Å². The molecule has 0 heterocycles. The van der Waals surface area contributed by atoms with Crippen LogP contribution < -0.4 is 0 Å². The van der Waals surface area contributed by atoms with Crippen molar-refractivity contribution in [3.63, 3.8) is 0 Å². The maximum absolute atomic E-state index is 11.2. The lowest BCUT2D eigenvalue weighted by Gasteiger charge is -2.04. The van der Waals surface area contributed by atoms with Crippen LogP contribution in [0.25, 0.3) is 0 Å². The van der Waals surface area contributed by atoms with Gasteiger partial charge in [0.2, 0.25) is 0 Å². The zero-order valence-corrected chi connectivity index (χ0v) is 11.5. The van der Waals surface area contributed by atoms with Crippen LogP contribution in [0.5, 0.6) is 0 Å². The molecule has 0 amide bonds. The topological polar surface area (TPSA) is 63.6 Å². The summed E-state index contributed by atoms with van der Waals surface area (Å²) in [5.41, 5.74) is 0. The third kappa shape index (κ3) is 13.5. The van der Waals surface area contributed by atoms with Gasteiger partial charge in [-0.3, -0.25) is 4.79 Å². The summed E-state index contributed by atoms with van der Waals surface area (Å²) in [6.45, 7) is 2.65. The van der Waals surface area contributed by atoms with Crippen molar-refractivity contribution in [2.75, 3.05) is 12.4 Å². The molecule has 0 rings (SSSR count). The van der Waals surface area contributed by atoms with Gasteiger partial charge in [-0.2, -0.15) is 0 Å². The summed E-state index contributed by atoms with van der Waals surface area (Å²) in [4.78, 5) is 11.2. The predicted molar refractivity (Wildman–Crippen MR) is 69.2 cm³/mol. The molecule has 17 heavy (non-hydrogen) atoms. The number of carbonyl (C=O) groups is 1. The monoisotopic (exact) mass is 264 g/mol. The molecule has 0 aliphatic heterocycles. The van der Waals surface area contributed by atoms with E-state index < -0.39 is 11.1 Å². The molecular weight excluding hydrogens is 240 g/mol. The molecule has 1 N–H and O–H groups in total. The highest BCUT2D eigenvalue weighted by Gasteiger charge is 2.02. The van der Waals surface area contributed by atoms with E-state index in [1.807, 2.05) is 0 Å². The third-order valence-corrected chi connectivity index (χ3v) is 3.10. The number of rotatable bonds is 11. The van der Waals surface area contributed by atoms with Crippen LogP contribution in [0.2, 0.25) is 0 Å². The molecule has 0 bridgehead atoms. The Kier molecular flexibility index (Phi) is 11.8. The first-order valence-electron chi connectivity index (χ1n) is 6.40. The molecule has 0 fully saturated rings. The van der Waals surface area contributed by atoms with Crippen LogP contribution in [-0.2, 0) is 20.6 Å². The summed E-state index contributed by atoms with van der Waals surface area (Å²) < 4.78 is 23.9. The van der Waals surface area contributed by atoms with Gasteiger partial charge in [0, 0.05) is 12.2 Å². The lowest BCUT2D eigenvalue weighted by atomic mass is 10.1. The first kappa shape index (κ1) is 16.6. The lowest BCUT2D eigenvalue weighted by molar-refractivity contribution is -0.143. The van der Waals surface area contributed by atoms with Gasteiger partial charge < -0.3 is 9.29 Å². The standard InChI is InChI=1S/C12H24O4S/c1-2-3-7-10-16-12(13)9-6-4-5-8-11-17(14)15/h2-11H2,1H3,(H,14,15). The summed E-state index contributed by atoms with van der Waals surface area (Å²) >= 11 is -1.68. The Morgan fingerprint density at radius 1 is 1.12 bits per heavy atom. The fourth-order valence-electron chi connectivity index (χ4n) is 1.46. The molecule has 0 spiro atoms. The maximum Gasteiger partial charge on any atom is 0.305 e. The van der Waals surface area contributed by atoms with Gasteiger partial charge in [-0.15, -0.1) is 0 Å². The molecule has 0 aromatic rings. The van der Waals surface area contributed by atoms with Crippen molar-refractivity contribution < 1.29 is 18.3 Å². The second-order valence-corrected chi connectivity index (χ2v) is 5.17. The average molecular weight is 264 g/mol. The second-order valence-electron chi connectivity index (χ2n) is 4.12. The van der Waals surface area contributed by atoms with Gasteiger partial charge in [0.1, 0.15) is 0 Å². The molecular formula is C12H24O4S. The number of carbonyl (C=O) groups excluding carboxylic acids is 1. The van der Waals surface area contributed by atoms with Crippen molar-refractivity contribution in [3.05, 3.63) is 0 Å². The minimum Gasteiger partial charge on any atom is -0.466 e. The minimum atomic E-state index is -1.68. The largest absolute Gasteiger partial charge is 0.466 e. The number of ether oxygens (including phenoxy) is 1. The van der Waals surface area contributed by atoms with Gasteiger partial charge in [0.25, 0.3) is 0 Å². The Labute approximate surface area is 106 Å². The molecule has 1 unspecified atom stereocenters. The Hall–Kier alpha value is -0.420. The van der Waals surface area contributed by atoms with Crippen LogP contribution >= 0.6 is 0 Å². The molecule has 0 radical (unpaired) electrons. The molecule has 4 nitrogen and oxygen atoms in total. The lowest BCUT2D eigenvalue weighted by Crippen LogP contribution is -2.05. The highest BCUT2D eigenvalue weighted by Crippen LogP contribution is 2.05. The van der Waals surface area contributed by atoms with Crippen LogP contribution in [-0.4, -0.2) is 27.1 Å². The Balaban J connectivity index is 3.19. The number of hydrogen-bond acceptors (Lipinski definition) is 3. The Bertz CT molecular complexity index is 219. The summed E-state index contributed by atoms with van der Waals surface area (Å²) in [7, 11) is 0. The highest BCUT2D eigenvalue weighted by atomic mass is 32.2. The number of unbranched alkanes of at least 4 members (excludes halogenated alkanes) is 5. The van der Waals surface area contributed by atoms with E-state index in [0.29, 0.717) is 18.8 Å². The molecule has 0 saturated carbocycles. The summed E-state index contributed by atoms with van der Waals surface area (Å²) in [5, 5.41) is 0. The first-order chi connectivity index (χ1) is 8.16. The van der Waals surface area contributed by atoms with Crippen LogP contribution in [0.4, 0.5) is 0 Å². The van der Waals surface area contributed by atoms with Crippen molar-refractivity contribution in [1.82, 2.24) is 0 Å². The number of esters is 1. The van der Waals surface area contributed by atoms with Crippen LogP contribution in [0, 0.1) is 0 Å². The van der Waals surface area contributed by atoms with Gasteiger partial charge >= 0.3 is 5.97 Å². The normalized spacial score (nSPS) is 12.4. The quantitative estimate of drug-likeness (QED) is 0.354. The SMILES string of the molecule is CCCCCOC(=O)CCCCCCS(=O)O. The molecule has 0 aromatic carbocycles. The summed E-state index contributed by atoms with van der Waals surface area (Å²) in [6.07, 6.45) is 7.02. The highest BCUT2D eigenvalue weighted by molar-refractivity contribution is 7.79. The van der Waals surface area contributed by atoms with Crippen molar-refractivity contribution in [1.29, 1.82) is 0 Å². The molecule has 0 aliphatic carbocycles. The maximum atomic E-state index is 11.2. The van der Waals surface area contributed by atoms with E-state index in [2.05, 4.69) is 6.92 Å². The van der Waals surface area contributed by atoms with Crippen molar-refractivity contribution in [2.24, 2.45) is 0 Å². The van der Waals surface area contributed by atoms with Crippen LogP contribution in [0.1, 0.15) is 58.3 Å². The molecule has 102 valence electrons. The smallest absolute Gasteiger partial charge is 0.305 e. The van der Waals surface area contributed by atoms with E-state index in [-0.39, 0.29) is 5.97 Å². The average Bonchev–Trinajstić information content (AvgIpc) is 2.29. The van der Waals surface area contributed by atoms with E-state index in [4.69, 9.17) is 9.29 Å². The van der Waals surface area contributed by atoms with Gasteiger partial charge in [-0.1, -0.05) is 32.6 Å². The molecule has 5 heteroatoms. The predicted octanol–water partition coefficient (Wildman–Crippen LogP) is 2.89. The van der Waals surface area contributed by atoms with Gasteiger partial charge in [-0.25, -0.2) is 4.21 Å². The minimum absolute atomic E-state index is 0.119. The summed E-state index contributed by atoms with van der Waals surface area (Å²) in [6, 6.07) is 0. The van der Waals surface area contributed by atoms with E-state index in [1.165, 1.54) is 0 Å². The van der Waals surface area contributed by atoms with E-state index >= 15 is 0 Å². The second kappa shape index (κ2) is 12.0. The van der Waals surface area contributed by atoms with E-state index in [1.54, 1.807) is 0 Å². The summed E-state index contributed by atoms with van der Waals surface area (Å²) in [5.74, 6) is 0.216. The van der Waals surface area contributed by atoms with Crippen molar-refractivity contribution >= 4 is 17.0 Å². The van der Waals surface area contributed by atoms with E-state index in [0.717, 1.165) is 44.9 Å². The number of hydrogen-bond donors (Lipinski definition) is 1. The third-order valence-electron chi connectivity index (χ3n) is 2.46. The van der Waals surface area contributed by atoms with Crippen LogP contribution in [0.3, 0.4) is 0 Å². The first-order valence-corrected chi connectivity index (χ1v) is 7.67. The molecule has 0 saturated heterocycles. The van der Waals surface area contributed by atoms with Gasteiger partial charge in [0.15, 0.2) is 11.1 Å². The Morgan fingerprint density at radius 2 is 1.82 bits per heavy atom. The van der Waals surface area contributed by atoms with Crippen molar-refractivity contribution in [2.45, 2.75) is 58.3 Å². The zero-order valence-electron chi connectivity index (χ0n) is 10.7. The molecule has 0 aliphatic rings. The van der Waals surface area contributed by atoms with E-state index in [9.17, 15) is 9.00 Å².